The number of nitrogens with zero attached hydrogens (tertiary/aromatic N) is 1. The zero-order chi connectivity index (χ0) is 14.4. The largest absolute Gasteiger partial charge is 0.480 e. The summed E-state index contributed by atoms with van der Waals surface area (Å²) in [6.45, 7) is 0.318. The predicted molar refractivity (Wildman–Crippen MR) is 76.5 cm³/mol. The van der Waals surface area contributed by atoms with Crippen molar-refractivity contribution in [3.63, 3.8) is 0 Å². The average molecular weight is 271 g/mol. The van der Waals surface area contributed by atoms with Gasteiger partial charge in [-0.15, -0.1) is 0 Å². The highest BCUT2D eigenvalue weighted by atomic mass is 16.5. The van der Waals surface area contributed by atoms with E-state index in [4.69, 9.17) is 10.5 Å². The molecule has 104 valence electrons. The highest BCUT2D eigenvalue weighted by molar-refractivity contribution is 5.96. The van der Waals surface area contributed by atoms with Crippen LogP contribution in [0.15, 0.2) is 48.7 Å². The minimum absolute atomic E-state index is 0.242. The van der Waals surface area contributed by atoms with Gasteiger partial charge in [0.05, 0.1) is 13.2 Å². The zero-order valence-corrected chi connectivity index (χ0v) is 11.2. The van der Waals surface area contributed by atoms with E-state index in [0.29, 0.717) is 18.0 Å². The highest BCUT2D eigenvalue weighted by Gasteiger charge is 2.17. The van der Waals surface area contributed by atoms with Gasteiger partial charge in [0.25, 0.3) is 5.91 Å². The number of amides is 1. The third-order valence-electron chi connectivity index (χ3n) is 2.95. The van der Waals surface area contributed by atoms with Crippen LogP contribution in [-0.2, 0) is 0 Å². The Morgan fingerprint density at radius 2 is 2.05 bits per heavy atom. The maximum atomic E-state index is 12.3. The molecule has 3 N–H and O–H groups in total. The van der Waals surface area contributed by atoms with Gasteiger partial charge in [-0.1, -0.05) is 30.3 Å². The second-order valence-electron chi connectivity index (χ2n) is 4.23. The van der Waals surface area contributed by atoms with Crippen LogP contribution < -0.4 is 15.8 Å². The van der Waals surface area contributed by atoms with Gasteiger partial charge in [0, 0.05) is 12.7 Å². The van der Waals surface area contributed by atoms with Gasteiger partial charge in [-0.25, -0.2) is 4.98 Å². The van der Waals surface area contributed by atoms with Crippen LogP contribution in [0.4, 0.5) is 0 Å². The average Bonchev–Trinajstić information content (AvgIpc) is 2.53. The van der Waals surface area contributed by atoms with Crippen LogP contribution in [-0.4, -0.2) is 24.5 Å². The number of rotatable bonds is 5. The van der Waals surface area contributed by atoms with E-state index in [0.717, 1.165) is 5.56 Å². The van der Waals surface area contributed by atoms with Crippen molar-refractivity contribution in [1.82, 2.24) is 10.3 Å². The fourth-order valence-corrected chi connectivity index (χ4v) is 1.93. The quantitative estimate of drug-likeness (QED) is 0.864. The van der Waals surface area contributed by atoms with E-state index >= 15 is 0 Å². The van der Waals surface area contributed by atoms with Crippen LogP contribution in [0.5, 0.6) is 5.88 Å². The summed E-state index contributed by atoms with van der Waals surface area (Å²) < 4.78 is 5.08. The monoisotopic (exact) mass is 271 g/mol. The van der Waals surface area contributed by atoms with Crippen molar-refractivity contribution in [3.8, 4) is 5.88 Å². The third kappa shape index (κ3) is 3.13. The summed E-state index contributed by atoms with van der Waals surface area (Å²) in [5.41, 5.74) is 7.10. The van der Waals surface area contributed by atoms with Gasteiger partial charge < -0.3 is 15.8 Å². The summed E-state index contributed by atoms with van der Waals surface area (Å²) in [5.74, 6) is 0.0445. The molecule has 0 saturated heterocycles. The van der Waals surface area contributed by atoms with Crippen molar-refractivity contribution in [2.24, 2.45) is 5.73 Å². The van der Waals surface area contributed by atoms with Crippen molar-refractivity contribution in [2.75, 3.05) is 13.7 Å². The Labute approximate surface area is 117 Å². The zero-order valence-electron chi connectivity index (χ0n) is 11.2. The van der Waals surface area contributed by atoms with Crippen LogP contribution >= 0.6 is 0 Å². The molecule has 0 saturated carbocycles. The molecule has 0 aliphatic heterocycles. The number of hydrogen-bond acceptors (Lipinski definition) is 4. The molecule has 2 rings (SSSR count). The first kappa shape index (κ1) is 14.0. The SMILES string of the molecule is COc1ncccc1C(=O)NC(CN)c1ccccc1. The van der Waals surface area contributed by atoms with Gasteiger partial charge in [0.15, 0.2) is 0 Å². The molecule has 1 aromatic heterocycles. The summed E-state index contributed by atoms with van der Waals surface area (Å²) in [6.07, 6.45) is 1.58. The molecule has 1 heterocycles. The Morgan fingerprint density at radius 3 is 2.70 bits per heavy atom. The van der Waals surface area contributed by atoms with Crippen molar-refractivity contribution >= 4 is 5.91 Å². The number of carbonyl (C=O) groups is 1. The van der Waals surface area contributed by atoms with Crippen molar-refractivity contribution in [2.45, 2.75) is 6.04 Å². The molecular formula is C15H17N3O2. The fraction of sp³-hybridized carbons (Fsp3) is 0.200. The number of pyridine rings is 1. The molecule has 0 bridgehead atoms. The van der Waals surface area contributed by atoms with Gasteiger partial charge in [-0.05, 0) is 17.7 Å². The summed E-state index contributed by atoms with van der Waals surface area (Å²) in [7, 11) is 1.48. The minimum Gasteiger partial charge on any atom is -0.480 e. The first-order valence-electron chi connectivity index (χ1n) is 6.31. The van der Waals surface area contributed by atoms with Gasteiger partial charge in [-0.3, -0.25) is 4.79 Å². The number of carbonyl (C=O) groups excluding carboxylic acids is 1. The van der Waals surface area contributed by atoms with E-state index in [1.807, 2.05) is 30.3 Å². The number of nitrogens with one attached hydrogen (secondary N) is 1. The van der Waals surface area contributed by atoms with E-state index in [1.54, 1.807) is 18.3 Å². The topological polar surface area (TPSA) is 77.2 Å². The molecule has 0 aliphatic carbocycles. The summed E-state index contributed by atoms with van der Waals surface area (Å²) in [5, 5.41) is 2.89. The molecule has 1 amide bonds. The van der Waals surface area contributed by atoms with Crippen LogP contribution in [0, 0.1) is 0 Å². The van der Waals surface area contributed by atoms with E-state index < -0.39 is 0 Å². The Bertz CT molecular complexity index is 572. The molecule has 1 aromatic carbocycles. The summed E-state index contributed by atoms with van der Waals surface area (Å²) >= 11 is 0. The summed E-state index contributed by atoms with van der Waals surface area (Å²) in [4.78, 5) is 16.3. The van der Waals surface area contributed by atoms with Crippen LogP contribution in [0.3, 0.4) is 0 Å². The van der Waals surface area contributed by atoms with Gasteiger partial charge in [0.2, 0.25) is 5.88 Å². The molecule has 2 aromatic rings. The van der Waals surface area contributed by atoms with Crippen LogP contribution in [0.1, 0.15) is 22.0 Å². The third-order valence-corrected chi connectivity index (χ3v) is 2.95. The van der Waals surface area contributed by atoms with Crippen LogP contribution in [0.2, 0.25) is 0 Å². The minimum atomic E-state index is -0.255. The van der Waals surface area contributed by atoms with Crippen molar-refractivity contribution in [3.05, 3.63) is 59.8 Å². The van der Waals surface area contributed by atoms with Crippen LogP contribution in [0.25, 0.3) is 0 Å². The molecule has 0 aliphatic rings. The molecule has 1 unspecified atom stereocenters. The first-order valence-corrected chi connectivity index (χ1v) is 6.31. The van der Waals surface area contributed by atoms with Crippen molar-refractivity contribution < 1.29 is 9.53 Å². The maximum absolute atomic E-state index is 12.3. The molecular weight excluding hydrogens is 254 g/mol. The number of methoxy groups -OCH3 is 1. The lowest BCUT2D eigenvalue weighted by Gasteiger charge is -2.17. The van der Waals surface area contributed by atoms with Gasteiger partial charge >= 0.3 is 0 Å². The van der Waals surface area contributed by atoms with Gasteiger partial charge in [-0.2, -0.15) is 0 Å². The number of ether oxygens (including phenoxy) is 1. The Morgan fingerprint density at radius 1 is 1.30 bits per heavy atom. The van der Waals surface area contributed by atoms with E-state index in [2.05, 4.69) is 10.3 Å². The Balaban J connectivity index is 2.18. The maximum Gasteiger partial charge on any atom is 0.257 e. The fourth-order valence-electron chi connectivity index (χ4n) is 1.93. The lowest BCUT2D eigenvalue weighted by Crippen LogP contribution is -2.33. The number of nitrogens with two attached hydrogens (primary N) is 1. The lowest BCUT2D eigenvalue weighted by atomic mass is 10.1. The molecule has 1 atom stereocenters. The standard InChI is InChI=1S/C15H17N3O2/c1-20-15-12(8-5-9-17-15)14(19)18-13(10-16)11-6-3-2-4-7-11/h2-9,13H,10,16H2,1H3,(H,18,19). The Hall–Kier alpha value is -2.40. The van der Waals surface area contributed by atoms with E-state index in [-0.39, 0.29) is 11.9 Å². The normalized spacial score (nSPS) is 11.7. The molecule has 0 spiro atoms. The number of benzene rings is 1. The highest BCUT2D eigenvalue weighted by Crippen LogP contribution is 2.16. The molecule has 0 radical (unpaired) electrons. The summed E-state index contributed by atoms with van der Waals surface area (Å²) in [6, 6.07) is 12.7. The molecule has 0 fully saturated rings. The Kier molecular flexibility index (Phi) is 4.68. The van der Waals surface area contributed by atoms with Crippen molar-refractivity contribution in [1.29, 1.82) is 0 Å². The lowest BCUT2D eigenvalue weighted by molar-refractivity contribution is 0.0934. The van der Waals surface area contributed by atoms with E-state index in [9.17, 15) is 4.79 Å². The number of aromatic nitrogens is 1. The van der Waals surface area contributed by atoms with E-state index in [1.165, 1.54) is 7.11 Å². The molecule has 5 nitrogen and oxygen atoms in total. The second kappa shape index (κ2) is 6.68. The molecule has 20 heavy (non-hydrogen) atoms. The van der Waals surface area contributed by atoms with Gasteiger partial charge in [0.1, 0.15) is 5.56 Å². The smallest absolute Gasteiger partial charge is 0.257 e. The molecule has 5 heteroatoms. The first-order chi connectivity index (χ1) is 9.76. The second-order valence-corrected chi connectivity index (χ2v) is 4.23. The number of hydrogen-bond donors (Lipinski definition) is 2. The predicted octanol–water partition coefficient (Wildman–Crippen LogP) is 1.52.